The first-order valence-corrected chi connectivity index (χ1v) is 3.39. The first kappa shape index (κ1) is 6.27. The SMILES string of the molecule is Cc1nc2c(c(=O)[nH]1)N=CC2. The lowest BCUT2D eigenvalue weighted by molar-refractivity contribution is 0.980. The highest BCUT2D eigenvalue weighted by atomic mass is 16.1. The number of hydrogen-bond donors (Lipinski definition) is 1. The highest BCUT2D eigenvalue weighted by Gasteiger charge is 2.11. The maximum Gasteiger partial charge on any atom is 0.277 e. The molecule has 0 aromatic carbocycles. The number of aryl methyl sites for hydroxylation is 1. The number of nitrogens with zero attached hydrogens (tertiary/aromatic N) is 2. The van der Waals surface area contributed by atoms with Crippen molar-refractivity contribution < 1.29 is 0 Å². The molecule has 0 aliphatic carbocycles. The molecule has 1 aliphatic heterocycles. The lowest BCUT2D eigenvalue weighted by atomic mass is 10.3. The van der Waals surface area contributed by atoms with Crippen molar-refractivity contribution >= 4 is 11.9 Å². The molecule has 0 unspecified atom stereocenters. The third-order valence-electron chi connectivity index (χ3n) is 1.59. The van der Waals surface area contributed by atoms with E-state index in [2.05, 4.69) is 15.0 Å². The van der Waals surface area contributed by atoms with E-state index < -0.39 is 0 Å². The van der Waals surface area contributed by atoms with Crippen molar-refractivity contribution in [1.29, 1.82) is 0 Å². The van der Waals surface area contributed by atoms with Gasteiger partial charge < -0.3 is 4.98 Å². The standard InChI is InChI=1S/C7H7N3O/c1-4-9-5-2-3-8-6(5)7(11)10-4/h3H,2H2,1H3,(H,9,10,11). The van der Waals surface area contributed by atoms with Gasteiger partial charge in [0.1, 0.15) is 11.5 Å². The summed E-state index contributed by atoms with van der Waals surface area (Å²) in [7, 11) is 0. The van der Waals surface area contributed by atoms with Crippen molar-refractivity contribution in [3.8, 4) is 0 Å². The number of aliphatic imine (C=N–C) groups is 1. The Kier molecular flexibility index (Phi) is 1.15. The van der Waals surface area contributed by atoms with Gasteiger partial charge in [-0.1, -0.05) is 0 Å². The molecule has 0 saturated heterocycles. The number of rotatable bonds is 0. The van der Waals surface area contributed by atoms with Crippen LogP contribution in [0.5, 0.6) is 0 Å². The second-order valence-electron chi connectivity index (χ2n) is 2.46. The van der Waals surface area contributed by atoms with Crippen LogP contribution >= 0.6 is 0 Å². The minimum atomic E-state index is -0.138. The van der Waals surface area contributed by atoms with Gasteiger partial charge in [-0.15, -0.1) is 0 Å². The normalized spacial score (nSPS) is 13.5. The smallest absolute Gasteiger partial charge is 0.277 e. The first-order valence-electron chi connectivity index (χ1n) is 3.39. The van der Waals surface area contributed by atoms with Crippen LogP contribution in [-0.2, 0) is 6.42 Å². The van der Waals surface area contributed by atoms with E-state index in [1.54, 1.807) is 13.1 Å². The number of aromatic amines is 1. The van der Waals surface area contributed by atoms with Gasteiger partial charge in [-0.05, 0) is 6.92 Å². The van der Waals surface area contributed by atoms with Crippen LogP contribution < -0.4 is 5.56 Å². The maximum atomic E-state index is 11.1. The molecule has 56 valence electrons. The highest BCUT2D eigenvalue weighted by molar-refractivity contribution is 5.73. The molecule has 0 fully saturated rings. The van der Waals surface area contributed by atoms with Gasteiger partial charge in [0.15, 0.2) is 0 Å². The van der Waals surface area contributed by atoms with Crippen molar-refractivity contribution in [3.63, 3.8) is 0 Å². The van der Waals surface area contributed by atoms with Crippen LogP contribution in [0, 0.1) is 6.92 Å². The molecule has 0 atom stereocenters. The molecule has 0 amide bonds. The van der Waals surface area contributed by atoms with Crippen molar-refractivity contribution in [3.05, 3.63) is 21.9 Å². The van der Waals surface area contributed by atoms with Gasteiger partial charge in [0.2, 0.25) is 0 Å². The first-order chi connectivity index (χ1) is 5.27. The van der Waals surface area contributed by atoms with Crippen LogP contribution in [0.4, 0.5) is 5.69 Å². The van der Waals surface area contributed by atoms with E-state index in [4.69, 9.17) is 0 Å². The molecule has 0 saturated carbocycles. The Hall–Kier alpha value is -1.45. The van der Waals surface area contributed by atoms with Crippen molar-refractivity contribution in [2.45, 2.75) is 13.3 Å². The number of H-pyrrole nitrogens is 1. The summed E-state index contributed by atoms with van der Waals surface area (Å²) in [6, 6.07) is 0. The summed E-state index contributed by atoms with van der Waals surface area (Å²) in [6.07, 6.45) is 2.38. The van der Waals surface area contributed by atoms with E-state index in [1.807, 2.05) is 0 Å². The Labute approximate surface area is 63.0 Å². The zero-order valence-corrected chi connectivity index (χ0v) is 6.09. The molecule has 0 bridgehead atoms. The molecule has 0 radical (unpaired) electrons. The van der Waals surface area contributed by atoms with Gasteiger partial charge in [0.05, 0.1) is 5.69 Å². The molecular weight excluding hydrogens is 142 g/mol. The van der Waals surface area contributed by atoms with E-state index >= 15 is 0 Å². The van der Waals surface area contributed by atoms with Crippen molar-refractivity contribution in [2.75, 3.05) is 0 Å². The number of fused-ring (bicyclic) bond motifs is 1. The molecule has 1 N–H and O–H groups in total. The Balaban J connectivity index is 2.77. The Morgan fingerprint density at radius 1 is 1.64 bits per heavy atom. The minimum Gasteiger partial charge on any atom is -0.309 e. The van der Waals surface area contributed by atoms with E-state index in [0.717, 1.165) is 5.69 Å². The van der Waals surface area contributed by atoms with Gasteiger partial charge in [-0.2, -0.15) is 0 Å². The molecule has 2 rings (SSSR count). The average Bonchev–Trinajstić information content (AvgIpc) is 2.34. The topological polar surface area (TPSA) is 58.1 Å². The molecule has 1 aromatic heterocycles. The maximum absolute atomic E-state index is 11.1. The number of hydrogen-bond acceptors (Lipinski definition) is 3. The number of aromatic nitrogens is 2. The van der Waals surface area contributed by atoms with Gasteiger partial charge >= 0.3 is 0 Å². The van der Waals surface area contributed by atoms with E-state index in [1.165, 1.54) is 0 Å². The Bertz CT molecular complexity index is 378. The average molecular weight is 149 g/mol. The fraction of sp³-hybridized carbons (Fsp3) is 0.286. The third kappa shape index (κ3) is 0.869. The molecule has 11 heavy (non-hydrogen) atoms. The Morgan fingerprint density at radius 2 is 2.45 bits per heavy atom. The quantitative estimate of drug-likeness (QED) is 0.578. The second-order valence-corrected chi connectivity index (χ2v) is 2.46. The second kappa shape index (κ2) is 2.02. The molecule has 1 aromatic rings. The molecule has 2 heterocycles. The van der Waals surface area contributed by atoms with E-state index in [9.17, 15) is 4.79 Å². The summed E-state index contributed by atoms with van der Waals surface area (Å²) in [5.74, 6) is 0.652. The van der Waals surface area contributed by atoms with Crippen LogP contribution in [0.25, 0.3) is 0 Å². The lowest BCUT2D eigenvalue weighted by Crippen LogP contribution is -2.10. The van der Waals surface area contributed by atoms with Crippen molar-refractivity contribution in [1.82, 2.24) is 9.97 Å². The summed E-state index contributed by atoms with van der Waals surface area (Å²) in [5, 5.41) is 0. The predicted molar refractivity (Wildman–Crippen MR) is 41.5 cm³/mol. The van der Waals surface area contributed by atoms with Crippen LogP contribution in [0.3, 0.4) is 0 Å². The summed E-state index contributed by atoms with van der Waals surface area (Å²) < 4.78 is 0. The van der Waals surface area contributed by atoms with Gasteiger partial charge in [-0.3, -0.25) is 9.79 Å². The molecule has 1 aliphatic rings. The van der Waals surface area contributed by atoms with Gasteiger partial charge in [0.25, 0.3) is 5.56 Å². The number of nitrogens with one attached hydrogen (secondary N) is 1. The predicted octanol–water partition coefficient (Wildman–Crippen LogP) is 0.337. The zero-order chi connectivity index (χ0) is 7.84. The molecular formula is C7H7N3O. The highest BCUT2D eigenvalue weighted by Crippen LogP contribution is 2.15. The van der Waals surface area contributed by atoms with Gasteiger partial charge in [-0.25, -0.2) is 4.98 Å². The molecule has 4 nitrogen and oxygen atoms in total. The monoisotopic (exact) mass is 149 g/mol. The fourth-order valence-electron chi connectivity index (χ4n) is 1.14. The largest absolute Gasteiger partial charge is 0.309 e. The molecule has 4 heteroatoms. The van der Waals surface area contributed by atoms with Crippen molar-refractivity contribution in [2.24, 2.45) is 4.99 Å². The molecule has 0 spiro atoms. The summed E-state index contributed by atoms with van der Waals surface area (Å²) in [5.41, 5.74) is 1.11. The van der Waals surface area contributed by atoms with E-state index in [0.29, 0.717) is 17.9 Å². The minimum absolute atomic E-state index is 0.138. The van der Waals surface area contributed by atoms with Crippen LogP contribution in [-0.4, -0.2) is 16.2 Å². The lowest BCUT2D eigenvalue weighted by Gasteiger charge is -1.95. The third-order valence-corrected chi connectivity index (χ3v) is 1.59. The summed E-state index contributed by atoms with van der Waals surface area (Å²) in [6.45, 7) is 1.76. The Morgan fingerprint density at radius 3 is 3.27 bits per heavy atom. The van der Waals surface area contributed by atoms with Crippen LogP contribution in [0.15, 0.2) is 9.79 Å². The summed E-state index contributed by atoms with van der Waals surface area (Å²) >= 11 is 0. The fourth-order valence-corrected chi connectivity index (χ4v) is 1.14. The van der Waals surface area contributed by atoms with Gasteiger partial charge in [0, 0.05) is 12.6 Å². The zero-order valence-electron chi connectivity index (χ0n) is 6.09. The van der Waals surface area contributed by atoms with E-state index in [-0.39, 0.29) is 5.56 Å². The van der Waals surface area contributed by atoms with Crippen LogP contribution in [0.1, 0.15) is 11.5 Å². The summed E-state index contributed by atoms with van der Waals surface area (Å²) in [4.78, 5) is 21.8. The van der Waals surface area contributed by atoms with Crippen LogP contribution in [0.2, 0.25) is 0 Å².